The smallest absolute Gasteiger partial charge is 0.227 e. The maximum Gasteiger partial charge on any atom is 0.227 e. The minimum absolute atomic E-state index is 0.0706. The molecule has 2 atom stereocenters. The predicted octanol–water partition coefficient (Wildman–Crippen LogP) is 3.61. The van der Waals surface area contributed by atoms with Gasteiger partial charge in [-0.05, 0) is 55.5 Å². The molecule has 0 spiro atoms. The third-order valence-electron chi connectivity index (χ3n) is 4.90. The summed E-state index contributed by atoms with van der Waals surface area (Å²) in [5.74, 6) is 1.14. The minimum Gasteiger partial charge on any atom is -0.347 e. The van der Waals surface area contributed by atoms with Crippen molar-refractivity contribution in [3.05, 3.63) is 30.5 Å². The number of rotatable bonds is 5. The zero-order valence-electron chi connectivity index (χ0n) is 14.1. The van der Waals surface area contributed by atoms with Crippen LogP contribution in [0.2, 0.25) is 0 Å². The van der Waals surface area contributed by atoms with Gasteiger partial charge in [-0.25, -0.2) is 0 Å². The molecule has 2 aromatic rings. The molecule has 124 valence electrons. The molecule has 1 aliphatic rings. The zero-order valence-corrected chi connectivity index (χ0v) is 14.1. The molecule has 1 saturated carbocycles. The number of aromatic nitrogens is 1. The van der Waals surface area contributed by atoms with Crippen molar-refractivity contribution in [2.75, 3.05) is 11.9 Å². The van der Waals surface area contributed by atoms with Gasteiger partial charge in [-0.3, -0.25) is 4.79 Å². The molecule has 0 aliphatic heterocycles. The van der Waals surface area contributed by atoms with E-state index in [2.05, 4.69) is 48.1 Å². The Hall–Kier alpha value is -1.81. The Labute approximate surface area is 138 Å². The standard InChI is InChI=1S/C19H27N3O/c1-13(2)12-22-9-8-14-10-16(6-7-18(14)22)21-19(23)17-5-3-4-15(17)11-20/h6-10,13,15,17H,3-5,11-12,20H2,1-2H3,(H,21,23)/t15-,17-/m1/s1. The van der Waals surface area contributed by atoms with Crippen molar-refractivity contribution in [1.82, 2.24) is 4.57 Å². The topological polar surface area (TPSA) is 60.0 Å². The van der Waals surface area contributed by atoms with Gasteiger partial charge in [0.15, 0.2) is 0 Å². The van der Waals surface area contributed by atoms with Crippen LogP contribution in [-0.4, -0.2) is 17.0 Å². The number of hydrogen-bond acceptors (Lipinski definition) is 2. The van der Waals surface area contributed by atoms with E-state index in [1.165, 1.54) is 10.9 Å². The second-order valence-electron chi connectivity index (χ2n) is 7.16. The monoisotopic (exact) mass is 313 g/mol. The second-order valence-corrected chi connectivity index (χ2v) is 7.16. The Morgan fingerprint density at radius 2 is 2.17 bits per heavy atom. The number of carbonyl (C=O) groups excluding carboxylic acids is 1. The van der Waals surface area contributed by atoms with E-state index >= 15 is 0 Å². The second kappa shape index (κ2) is 6.75. The summed E-state index contributed by atoms with van der Waals surface area (Å²) < 4.78 is 2.27. The Balaban J connectivity index is 1.75. The lowest BCUT2D eigenvalue weighted by Gasteiger charge is -2.17. The lowest BCUT2D eigenvalue weighted by Crippen LogP contribution is -2.29. The number of nitrogens with one attached hydrogen (secondary N) is 1. The number of fused-ring (bicyclic) bond motifs is 1. The van der Waals surface area contributed by atoms with Crippen LogP contribution in [-0.2, 0) is 11.3 Å². The summed E-state index contributed by atoms with van der Waals surface area (Å²) in [5.41, 5.74) is 7.89. The van der Waals surface area contributed by atoms with E-state index in [1.54, 1.807) is 0 Å². The van der Waals surface area contributed by atoms with Crippen LogP contribution in [0.25, 0.3) is 10.9 Å². The molecule has 3 rings (SSSR count). The molecule has 1 aliphatic carbocycles. The van der Waals surface area contributed by atoms with Gasteiger partial charge in [0, 0.05) is 35.2 Å². The lowest BCUT2D eigenvalue weighted by molar-refractivity contribution is -0.120. The van der Waals surface area contributed by atoms with Crippen LogP contribution in [0.1, 0.15) is 33.1 Å². The van der Waals surface area contributed by atoms with Gasteiger partial charge in [0.25, 0.3) is 0 Å². The largest absolute Gasteiger partial charge is 0.347 e. The van der Waals surface area contributed by atoms with Crippen LogP contribution in [0.3, 0.4) is 0 Å². The maximum atomic E-state index is 12.5. The minimum atomic E-state index is 0.0706. The number of carbonyl (C=O) groups is 1. The van der Waals surface area contributed by atoms with Crippen molar-refractivity contribution in [3.63, 3.8) is 0 Å². The van der Waals surface area contributed by atoms with E-state index in [1.807, 2.05) is 6.07 Å². The van der Waals surface area contributed by atoms with Gasteiger partial charge in [0.2, 0.25) is 5.91 Å². The number of hydrogen-bond donors (Lipinski definition) is 2. The third-order valence-corrected chi connectivity index (χ3v) is 4.90. The fraction of sp³-hybridized carbons (Fsp3) is 0.526. The van der Waals surface area contributed by atoms with Crippen molar-refractivity contribution in [3.8, 4) is 0 Å². The first-order chi connectivity index (χ1) is 11.1. The lowest BCUT2D eigenvalue weighted by atomic mass is 9.95. The number of nitrogens with two attached hydrogens (primary N) is 1. The highest BCUT2D eigenvalue weighted by Gasteiger charge is 2.31. The summed E-state index contributed by atoms with van der Waals surface area (Å²) in [6.07, 6.45) is 5.26. The Kier molecular flexibility index (Phi) is 4.71. The van der Waals surface area contributed by atoms with Crippen molar-refractivity contribution < 1.29 is 4.79 Å². The Bertz CT molecular complexity index is 689. The fourth-order valence-electron chi connectivity index (χ4n) is 3.73. The van der Waals surface area contributed by atoms with E-state index in [-0.39, 0.29) is 11.8 Å². The SMILES string of the molecule is CC(C)Cn1ccc2cc(NC(=O)[C@@H]3CCC[C@@H]3CN)ccc21. The van der Waals surface area contributed by atoms with Crippen molar-refractivity contribution in [1.29, 1.82) is 0 Å². The summed E-state index contributed by atoms with van der Waals surface area (Å²) in [6, 6.07) is 8.29. The summed E-state index contributed by atoms with van der Waals surface area (Å²) >= 11 is 0. The molecule has 1 fully saturated rings. The fourth-order valence-corrected chi connectivity index (χ4v) is 3.73. The molecule has 4 heteroatoms. The van der Waals surface area contributed by atoms with Gasteiger partial charge >= 0.3 is 0 Å². The van der Waals surface area contributed by atoms with Crippen LogP contribution in [0, 0.1) is 17.8 Å². The average Bonchev–Trinajstić information content (AvgIpc) is 3.13. The van der Waals surface area contributed by atoms with Crippen molar-refractivity contribution >= 4 is 22.5 Å². The molecule has 1 aromatic heterocycles. The van der Waals surface area contributed by atoms with Gasteiger partial charge in [0.05, 0.1) is 0 Å². The molecular weight excluding hydrogens is 286 g/mol. The van der Waals surface area contributed by atoms with Crippen LogP contribution >= 0.6 is 0 Å². The predicted molar refractivity (Wildman–Crippen MR) is 95.3 cm³/mol. The number of anilines is 1. The number of benzene rings is 1. The molecule has 1 heterocycles. The first kappa shape index (κ1) is 16.1. The van der Waals surface area contributed by atoms with E-state index in [0.29, 0.717) is 18.4 Å². The molecule has 1 aromatic carbocycles. The first-order valence-corrected chi connectivity index (χ1v) is 8.68. The van der Waals surface area contributed by atoms with Crippen LogP contribution < -0.4 is 11.1 Å². The van der Waals surface area contributed by atoms with Gasteiger partial charge in [-0.15, -0.1) is 0 Å². The van der Waals surface area contributed by atoms with E-state index < -0.39 is 0 Å². The van der Waals surface area contributed by atoms with E-state index in [4.69, 9.17) is 5.73 Å². The molecule has 3 N–H and O–H groups in total. The summed E-state index contributed by atoms with van der Waals surface area (Å²) in [6.45, 7) is 6.05. The van der Waals surface area contributed by atoms with Gasteiger partial charge in [0.1, 0.15) is 0 Å². The molecule has 0 unspecified atom stereocenters. The average molecular weight is 313 g/mol. The third kappa shape index (κ3) is 3.42. The molecule has 0 saturated heterocycles. The Morgan fingerprint density at radius 1 is 1.35 bits per heavy atom. The Morgan fingerprint density at radius 3 is 2.91 bits per heavy atom. The van der Waals surface area contributed by atoms with E-state index in [9.17, 15) is 4.79 Å². The van der Waals surface area contributed by atoms with Crippen LogP contribution in [0.5, 0.6) is 0 Å². The number of nitrogens with zero attached hydrogens (tertiary/aromatic N) is 1. The van der Waals surface area contributed by atoms with Gasteiger partial charge in [-0.2, -0.15) is 0 Å². The molecule has 23 heavy (non-hydrogen) atoms. The highest BCUT2D eigenvalue weighted by atomic mass is 16.1. The van der Waals surface area contributed by atoms with E-state index in [0.717, 1.165) is 31.5 Å². The van der Waals surface area contributed by atoms with Crippen molar-refractivity contribution in [2.45, 2.75) is 39.7 Å². The zero-order chi connectivity index (χ0) is 16.4. The molecule has 4 nitrogen and oxygen atoms in total. The molecule has 0 bridgehead atoms. The summed E-state index contributed by atoms with van der Waals surface area (Å²) in [4.78, 5) is 12.5. The molecule has 1 amide bonds. The van der Waals surface area contributed by atoms with Crippen LogP contribution in [0.15, 0.2) is 30.5 Å². The van der Waals surface area contributed by atoms with Gasteiger partial charge < -0.3 is 15.6 Å². The number of amides is 1. The first-order valence-electron chi connectivity index (χ1n) is 8.68. The highest BCUT2D eigenvalue weighted by Crippen LogP contribution is 2.32. The summed E-state index contributed by atoms with van der Waals surface area (Å²) in [5, 5.41) is 4.26. The highest BCUT2D eigenvalue weighted by molar-refractivity contribution is 5.95. The van der Waals surface area contributed by atoms with Crippen LogP contribution in [0.4, 0.5) is 5.69 Å². The molecular formula is C19H27N3O. The maximum absolute atomic E-state index is 12.5. The van der Waals surface area contributed by atoms with Gasteiger partial charge in [-0.1, -0.05) is 20.3 Å². The normalized spacial score (nSPS) is 21.2. The quantitative estimate of drug-likeness (QED) is 0.886. The van der Waals surface area contributed by atoms with Crippen molar-refractivity contribution in [2.24, 2.45) is 23.5 Å². The summed E-state index contributed by atoms with van der Waals surface area (Å²) in [7, 11) is 0. The molecule has 0 radical (unpaired) electrons.